The Morgan fingerprint density at radius 3 is 2.75 bits per heavy atom. The lowest BCUT2D eigenvalue weighted by Gasteiger charge is -2.58. The molecule has 1 unspecified atom stereocenters. The van der Waals surface area contributed by atoms with Crippen LogP contribution >= 0.6 is 0 Å². The van der Waals surface area contributed by atoms with Gasteiger partial charge in [0.1, 0.15) is 0 Å². The summed E-state index contributed by atoms with van der Waals surface area (Å²) in [5, 5.41) is 0. The highest BCUT2D eigenvalue weighted by Gasteiger charge is 2.64. The molecule has 4 aliphatic carbocycles. The summed E-state index contributed by atoms with van der Waals surface area (Å²) in [7, 11) is 0. The molecule has 1 saturated heterocycles. The fourth-order valence-electron chi connectivity index (χ4n) is 9.21. The molecule has 0 aromatic rings. The average Bonchev–Trinajstić information content (AvgIpc) is 3.13. The Hall–Kier alpha value is -0.300. The lowest BCUT2D eigenvalue weighted by Crippen LogP contribution is -2.50. The predicted octanol–water partition coefficient (Wildman–Crippen LogP) is 7.41. The SMILES string of the molecule is CC(C)CCC1O[C@H]2C[C@H]3[C@@H]4CC=C5CCCC[C@]5(C)[C@H]4CC[C@]3(C)[C@H]2[C@@H]1C. The molecule has 3 saturated carbocycles. The van der Waals surface area contributed by atoms with Gasteiger partial charge in [0.25, 0.3) is 0 Å². The van der Waals surface area contributed by atoms with Crippen molar-refractivity contribution in [2.45, 2.75) is 111 Å². The van der Waals surface area contributed by atoms with E-state index >= 15 is 0 Å². The van der Waals surface area contributed by atoms with Crippen molar-refractivity contribution >= 4 is 0 Å². The lowest BCUT2D eigenvalue weighted by molar-refractivity contribution is -0.0520. The minimum atomic E-state index is 0.529. The van der Waals surface area contributed by atoms with E-state index in [0.29, 0.717) is 23.0 Å². The predicted molar refractivity (Wildman–Crippen MR) is 117 cm³/mol. The number of rotatable bonds is 3. The molecule has 0 aromatic carbocycles. The smallest absolute Gasteiger partial charge is 0.0618 e. The zero-order valence-corrected chi connectivity index (χ0v) is 19.2. The molecule has 0 aromatic heterocycles. The monoisotopic (exact) mass is 384 g/mol. The molecule has 0 bridgehead atoms. The highest BCUT2D eigenvalue weighted by molar-refractivity contribution is 5.25. The summed E-state index contributed by atoms with van der Waals surface area (Å²) in [6.45, 7) is 12.6. The van der Waals surface area contributed by atoms with Gasteiger partial charge in [-0.05, 0) is 104 Å². The molecule has 1 aliphatic heterocycles. The fraction of sp³-hybridized carbons (Fsp3) is 0.926. The van der Waals surface area contributed by atoms with Crippen molar-refractivity contribution in [2.75, 3.05) is 0 Å². The van der Waals surface area contributed by atoms with E-state index in [0.717, 1.165) is 35.5 Å². The lowest BCUT2D eigenvalue weighted by atomic mass is 9.47. The van der Waals surface area contributed by atoms with E-state index in [-0.39, 0.29) is 0 Å². The van der Waals surface area contributed by atoms with Gasteiger partial charge in [0, 0.05) is 0 Å². The Morgan fingerprint density at radius 1 is 1.14 bits per heavy atom. The van der Waals surface area contributed by atoms with Crippen LogP contribution in [0.15, 0.2) is 11.6 Å². The van der Waals surface area contributed by atoms with Gasteiger partial charge < -0.3 is 4.74 Å². The van der Waals surface area contributed by atoms with Gasteiger partial charge in [-0.25, -0.2) is 0 Å². The first-order chi connectivity index (χ1) is 13.3. The number of ether oxygens (including phenoxy) is 1. The largest absolute Gasteiger partial charge is 0.374 e. The van der Waals surface area contributed by atoms with Gasteiger partial charge >= 0.3 is 0 Å². The molecule has 1 heterocycles. The Balaban J connectivity index is 1.38. The van der Waals surface area contributed by atoms with Crippen molar-refractivity contribution in [3.63, 3.8) is 0 Å². The molecule has 1 nitrogen and oxygen atoms in total. The second kappa shape index (κ2) is 6.86. The molecule has 158 valence electrons. The van der Waals surface area contributed by atoms with Crippen molar-refractivity contribution in [2.24, 2.45) is 46.3 Å². The highest BCUT2D eigenvalue weighted by Crippen LogP contribution is 2.69. The van der Waals surface area contributed by atoms with Crippen LogP contribution in [0.1, 0.15) is 98.8 Å². The third kappa shape index (κ3) is 2.74. The Kier molecular flexibility index (Phi) is 4.81. The van der Waals surface area contributed by atoms with Crippen molar-refractivity contribution in [1.82, 2.24) is 0 Å². The van der Waals surface area contributed by atoms with Crippen LogP contribution in [0, 0.1) is 46.3 Å². The second-order valence-electron chi connectivity index (χ2n) is 12.3. The summed E-state index contributed by atoms with van der Waals surface area (Å²) >= 11 is 0. The minimum Gasteiger partial charge on any atom is -0.374 e. The molecule has 28 heavy (non-hydrogen) atoms. The van der Waals surface area contributed by atoms with Gasteiger partial charge in [0.15, 0.2) is 0 Å². The first kappa shape index (κ1) is 19.7. The molecule has 5 rings (SSSR count). The summed E-state index contributed by atoms with van der Waals surface area (Å²) in [5.41, 5.74) is 2.92. The molecule has 0 spiro atoms. The van der Waals surface area contributed by atoms with Gasteiger partial charge in [-0.1, -0.05) is 52.7 Å². The van der Waals surface area contributed by atoms with Gasteiger partial charge in [0.2, 0.25) is 0 Å². The van der Waals surface area contributed by atoms with E-state index in [1.807, 2.05) is 5.57 Å². The molecule has 5 aliphatic rings. The molecule has 0 amide bonds. The maximum Gasteiger partial charge on any atom is 0.0618 e. The van der Waals surface area contributed by atoms with Crippen LogP contribution in [0.5, 0.6) is 0 Å². The van der Waals surface area contributed by atoms with Crippen molar-refractivity contribution in [1.29, 1.82) is 0 Å². The first-order valence-electron chi connectivity index (χ1n) is 12.7. The summed E-state index contributed by atoms with van der Waals surface area (Å²) < 4.78 is 6.80. The quantitative estimate of drug-likeness (QED) is 0.460. The van der Waals surface area contributed by atoms with E-state index < -0.39 is 0 Å². The molecule has 1 heteroatoms. The summed E-state index contributed by atoms with van der Waals surface area (Å²) in [6, 6.07) is 0. The van der Waals surface area contributed by atoms with Crippen LogP contribution in [0.3, 0.4) is 0 Å². The number of hydrogen-bond acceptors (Lipinski definition) is 1. The summed E-state index contributed by atoms with van der Waals surface area (Å²) in [6.07, 6.45) is 17.9. The molecule has 0 N–H and O–H groups in total. The highest BCUT2D eigenvalue weighted by atomic mass is 16.5. The zero-order valence-electron chi connectivity index (χ0n) is 19.2. The average molecular weight is 385 g/mol. The zero-order chi connectivity index (χ0) is 19.7. The van der Waals surface area contributed by atoms with Gasteiger partial charge in [-0.2, -0.15) is 0 Å². The maximum absolute atomic E-state index is 6.80. The topological polar surface area (TPSA) is 9.23 Å². The van der Waals surface area contributed by atoms with Crippen LogP contribution in [0.2, 0.25) is 0 Å². The van der Waals surface area contributed by atoms with E-state index in [4.69, 9.17) is 4.74 Å². The van der Waals surface area contributed by atoms with Crippen molar-refractivity contribution < 1.29 is 4.74 Å². The maximum atomic E-state index is 6.80. The van der Waals surface area contributed by atoms with E-state index in [1.54, 1.807) is 0 Å². The normalized spacial score (nSPS) is 52.6. The third-order valence-corrected chi connectivity index (χ3v) is 10.6. The minimum absolute atomic E-state index is 0.529. The fourth-order valence-corrected chi connectivity index (χ4v) is 9.21. The standard InChI is InChI=1S/C27H44O/c1-17(2)9-12-23-18(3)25-24(28-23)16-22-20-11-10-19-8-6-7-14-26(19,4)21(20)13-15-27(22,25)5/h10,17-18,20-25H,6-9,11-16H2,1-5H3/t18-,20-,21+,22+,23?,24+,25+,26+,27+/m1/s1. The van der Waals surface area contributed by atoms with Crippen LogP contribution in [-0.4, -0.2) is 12.2 Å². The summed E-state index contributed by atoms with van der Waals surface area (Å²) in [4.78, 5) is 0. The number of hydrogen-bond donors (Lipinski definition) is 0. The van der Waals surface area contributed by atoms with Crippen LogP contribution < -0.4 is 0 Å². The van der Waals surface area contributed by atoms with Crippen LogP contribution in [0.4, 0.5) is 0 Å². The third-order valence-electron chi connectivity index (χ3n) is 10.6. The van der Waals surface area contributed by atoms with Crippen molar-refractivity contribution in [3.8, 4) is 0 Å². The molecule has 4 fully saturated rings. The summed E-state index contributed by atoms with van der Waals surface area (Å²) in [5.74, 6) is 5.18. The van der Waals surface area contributed by atoms with Crippen LogP contribution in [0.25, 0.3) is 0 Å². The van der Waals surface area contributed by atoms with Crippen LogP contribution in [-0.2, 0) is 4.74 Å². The Labute approximate surface area is 174 Å². The van der Waals surface area contributed by atoms with Gasteiger partial charge in [-0.3, -0.25) is 0 Å². The molecular formula is C27H44O. The van der Waals surface area contributed by atoms with E-state index in [1.165, 1.54) is 64.2 Å². The Morgan fingerprint density at radius 2 is 1.96 bits per heavy atom. The second-order valence-corrected chi connectivity index (χ2v) is 12.3. The van der Waals surface area contributed by atoms with Crippen molar-refractivity contribution in [3.05, 3.63) is 11.6 Å². The molecule has 9 atom stereocenters. The van der Waals surface area contributed by atoms with Gasteiger partial charge in [-0.15, -0.1) is 0 Å². The van der Waals surface area contributed by atoms with E-state index in [2.05, 4.69) is 40.7 Å². The first-order valence-corrected chi connectivity index (χ1v) is 12.7. The molecular weight excluding hydrogens is 340 g/mol. The van der Waals surface area contributed by atoms with Gasteiger partial charge in [0.05, 0.1) is 12.2 Å². The Bertz CT molecular complexity index is 634. The number of allylic oxidation sites excluding steroid dienone is 2. The van der Waals surface area contributed by atoms with E-state index in [9.17, 15) is 0 Å². The number of fused-ring (bicyclic) bond motifs is 7. The molecule has 0 radical (unpaired) electrons.